The number of sulfonamides is 1. The van der Waals surface area contributed by atoms with Crippen molar-refractivity contribution in [3.8, 4) is 22.9 Å². The van der Waals surface area contributed by atoms with Crippen LogP contribution >= 0.6 is 0 Å². The topological polar surface area (TPSA) is 137 Å². The van der Waals surface area contributed by atoms with Gasteiger partial charge in [-0.15, -0.1) is 0 Å². The summed E-state index contributed by atoms with van der Waals surface area (Å²) < 4.78 is 44.6. The predicted octanol–water partition coefficient (Wildman–Crippen LogP) is 2.61. The van der Waals surface area contributed by atoms with E-state index in [0.717, 1.165) is 5.56 Å². The molecule has 1 N–H and O–H groups in total. The van der Waals surface area contributed by atoms with Crippen molar-refractivity contribution < 1.29 is 27.2 Å². The SMILES string of the molecule is COc1ccc(OC)c(S(=O)(=O)N2CCCC(c3nc(-c4cccnc4)no3)CCNC(=O)CC2)c1. The summed E-state index contributed by atoms with van der Waals surface area (Å²) in [6.45, 7) is 0.686. The number of rotatable bonds is 6. The average molecular weight is 516 g/mol. The van der Waals surface area contributed by atoms with Crippen molar-refractivity contribution >= 4 is 15.9 Å². The first kappa shape index (κ1) is 25.6. The summed E-state index contributed by atoms with van der Waals surface area (Å²) >= 11 is 0. The zero-order valence-electron chi connectivity index (χ0n) is 20.2. The molecule has 1 aliphatic heterocycles. The minimum absolute atomic E-state index is 0.00538. The highest BCUT2D eigenvalue weighted by Crippen LogP contribution is 2.32. The number of pyridine rings is 1. The van der Waals surface area contributed by atoms with Crippen molar-refractivity contribution in [2.24, 2.45) is 0 Å². The van der Waals surface area contributed by atoms with Crippen molar-refractivity contribution in [3.63, 3.8) is 0 Å². The van der Waals surface area contributed by atoms with Gasteiger partial charge in [0.25, 0.3) is 0 Å². The fraction of sp³-hybridized carbons (Fsp3) is 0.417. The van der Waals surface area contributed by atoms with Crippen molar-refractivity contribution in [1.82, 2.24) is 24.7 Å². The van der Waals surface area contributed by atoms with E-state index in [0.29, 0.717) is 43.3 Å². The molecule has 4 rings (SSSR count). The summed E-state index contributed by atoms with van der Waals surface area (Å²) in [5, 5.41) is 6.94. The zero-order valence-corrected chi connectivity index (χ0v) is 21.0. The first-order chi connectivity index (χ1) is 17.4. The Kier molecular flexibility index (Phi) is 8.16. The van der Waals surface area contributed by atoms with Gasteiger partial charge in [0.05, 0.1) is 14.2 Å². The second-order valence-corrected chi connectivity index (χ2v) is 10.3. The first-order valence-corrected chi connectivity index (χ1v) is 13.1. The standard InChI is InChI=1S/C24H29N5O6S/c1-33-19-7-8-20(34-2)21(15-19)36(31,32)29-13-4-6-17(9-12-26-22(30)10-14-29)24-27-23(28-35-24)18-5-3-11-25-16-18/h3,5,7-8,11,15-17H,4,6,9-10,12-14H2,1-2H3,(H,26,30). The summed E-state index contributed by atoms with van der Waals surface area (Å²) in [5.41, 5.74) is 0.738. The Morgan fingerprint density at radius 1 is 1.14 bits per heavy atom. The number of hydrogen-bond acceptors (Lipinski definition) is 9. The van der Waals surface area contributed by atoms with Crippen LogP contribution in [0.1, 0.15) is 37.5 Å². The summed E-state index contributed by atoms with van der Waals surface area (Å²) in [6.07, 6.45) is 5.10. The number of hydrogen-bond donors (Lipinski definition) is 1. The third-order valence-corrected chi connectivity index (χ3v) is 7.98. The molecule has 1 atom stereocenters. The summed E-state index contributed by atoms with van der Waals surface area (Å²) in [6, 6.07) is 8.25. The molecule has 192 valence electrons. The highest BCUT2D eigenvalue weighted by atomic mass is 32.2. The normalized spacial score (nSPS) is 18.2. The Morgan fingerprint density at radius 2 is 2.00 bits per heavy atom. The molecule has 2 aromatic heterocycles. The number of nitrogens with one attached hydrogen (secondary N) is 1. The van der Waals surface area contributed by atoms with Gasteiger partial charge in [0, 0.05) is 56.0 Å². The molecule has 0 saturated carbocycles. The molecule has 11 nitrogen and oxygen atoms in total. The molecule has 1 saturated heterocycles. The highest BCUT2D eigenvalue weighted by molar-refractivity contribution is 7.89. The molecule has 1 amide bonds. The number of amides is 1. The van der Waals surface area contributed by atoms with Crippen LogP contribution in [0.25, 0.3) is 11.4 Å². The molecule has 1 aromatic carbocycles. The molecule has 0 radical (unpaired) electrons. The number of carbonyl (C=O) groups excluding carboxylic acids is 1. The van der Waals surface area contributed by atoms with E-state index in [-0.39, 0.29) is 42.0 Å². The second-order valence-electron chi connectivity index (χ2n) is 8.35. The number of carbonyl (C=O) groups is 1. The average Bonchev–Trinajstić information content (AvgIpc) is 3.38. The number of methoxy groups -OCH3 is 2. The highest BCUT2D eigenvalue weighted by Gasteiger charge is 2.30. The molecule has 1 unspecified atom stereocenters. The van der Waals surface area contributed by atoms with Gasteiger partial charge in [-0.2, -0.15) is 9.29 Å². The number of ether oxygens (including phenoxy) is 2. The van der Waals surface area contributed by atoms with Crippen LogP contribution in [0.15, 0.2) is 52.1 Å². The third kappa shape index (κ3) is 5.82. The van der Waals surface area contributed by atoms with Gasteiger partial charge >= 0.3 is 0 Å². The van der Waals surface area contributed by atoms with Crippen LogP contribution < -0.4 is 14.8 Å². The lowest BCUT2D eigenvalue weighted by Gasteiger charge is -2.23. The minimum Gasteiger partial charge on any atom is -0.497 e. The Morgan fingerprint density at radius 3 is 2.75 bits per heavy atom. The first-order valence-electron chi connectivity index (χ1n) is 11.6. The molecule has 1 fully saturated rings. The maximum absolute atomic E-state index is 13.6. The van der Waals surface area contributed by atoms with Crippen molar-refractivity contribution in [3.05, 3.63) is 48.6 Å². The monoisotopic (exact) mass is 515 g/mol. The van der Waals surface area contributed by atoms with Crippen LogP contribution in [0.2, 0.25) is 0 Å². The minimum atomic E-state index is -3.96. The van der Waals surface area contributed by atoms with Crippen molar-refractivity contribution in [2.75, 3.05) is 33.9 Å². The summed E-state index contributed by atoms with van der Waals surface area (Å²) in [7, 11) is -1.09. The smallest absolute Gasteiger partial charge is 0.246 e. The van der Waals surface area contributed by atoms with Crippen LogP contribution in [-0.2, 0) is 14.8 Å². The molecule has 3 heterocycles. The van der Waals surface area contributed by atoms with Crippen molar-refractivity contribution in [2.45, 2.75) is 36.5 Å². The van der Waals surface area contributed by atoms with Crippen LogP contribution in [-0.4, -0.2) is 67.6 Å². The van der Waals surface area contributed by atoms with Crippen LogP contribution in [0, 0.1) is 0 Å². The molecule has 1 aliphatic rings. The van der Waals surface area contributed by atoms with E-state index >= 15 is 0 Å². The number of aromatic nitrogens is 3. The lowest BCUT2D eigenvalue weighted by molar-refractivity contribution is -0.121. The Bertz CT molecular complexity index is 1280. The quantitative estimate of drug-likeness (QED) is 0.525. The van der Waals surface area contributed by atoms with E-state index in [2.05, 4.69) is 20.4 Å². The van der Waals surface area contributed by atoms with Gasteiger partial charge in [-0.05, 0) is 43.5 Å². The Labute approximate surface area is 209 Å². The van der Waals surface area contributed by atoms with Gasteiger partial charge in [-0.25, -0.2) is 8.42 Å². The van der Waals surface area contributed by atoms with Gasteiger partial charge in [-0.3, -0.25) is 9.78 Å². The van der Waals surface area contributed by atoms with Crippen molar-refractivity contribution in [1.29, 1.82) is 0 Å². The Balaban J connectivity index is 1.56. The molecular weight excluding hydrogens is 486 g/mol. The van der Waals surface area contributed by atoms with Gasteiger partial charge in [0.2, 0.25) is 27.6 Å². The number of nitrogens with zero attached hydrogens (tertiary/aromatic N) is 4. The lowest BCUT2D eigenvalue weighted by atomic mass is 9.99. The van der Waals surface area contributed by atoms with Crippen LogP contribution in [0.4, 0.5) is 0 Å². The second kappa shape index (κ2) is 11.5. The predicted molar refractivity (Wildman–Crippen MR) is 130 cm³/mol. The van der Waals surface area contributed by atoms with Gasteiger partial charge in [-0.1, -0.05) is 5.16 Å². The van der Waals surface area contributed by atoms with Crippen LogP contribution in [0.5, 0.6) is 11.5 Å². The van der Waals surface area contributed by atoms with Gasteiger partial charge in [0.15, 0.2) is 0 Å². The molecule has 12 heteroatoms. The summed E-state index contributed by atoms with van der Waals surface area (Å²) in [4.78, 5) is 21.1. The van der Waals surface area contributed by atoms with E-state index in [4.69, 9.17) is 14.0 Å². The maximum Gasteiger partial charge on any atom is 0.246 e. The fourth-order valence-electron chi connectivity index (χ4n) is 4.10. The van der Waals surface area contributed by atoms with E-state index in [1.807, 2.05) is 6.07 Å². The number of benzene rings is 1. The summed E-state index contributed by atoms with van der Waals surface area (Å²) in [5.74, 6) is 1.12. The molecule has 0 spiro atoms. The van der Waals surface area contributed by atoms with Crippen LogP contribution in [0.3, 0.4) is 0 Å². The third-order valence-electron chi connectivity index (χ3n) is 6.06. The van der Waals surface area contributed by atoms with E-state index < -0.39 is 10.0 Å². The maximum atomic E-state index is 13.6. The largest absolute Gasteiger partial charge is 0.497 e. The Hall–Kier alpha value is -3.51. The van der Waals surface area contributed by atoms with Gasteiger partial charge < -0.3 is 19.3 Å². The zero-order chi connectivity index (χ0) is 25.5. The van der Waals surface area contributed by atoms with Gasteiger partial charge in [0.1, 0.15) is 16.4 Å². The molecule has 0 aliphatic carbocycles. The van der Waals surface area contributed by atoms with E-state index in [1.54, 1.807) is 30.6 Å². The fourth-order valence-corrected chi connectivity index (χ4v) is 5.75. The molecule has 0 bridgehead atoms. The molecule has 36 heavy (non-hydrogen) atoms. The molecule has 3 aromatic rings. The van der Waals surface area contributed by atoms with E-state index in [1.165, 1.54) is 24.6 Å². The van der Waals surface area contributed by atoms with E-state index in [9.17, 15) is 13.2 Å². The lowest BCUT2D eigenvalue weighted by Crippen LogP contribution is -2.36. The molecular formula is C24H29N5O6S.